The van der Waals surface area contributed by atoms with Gasteiger partial charge in [-0.25, -0.2) is 4.98 Å². The molecular formula is C29H30BrN3O4. The normalized spacial score (nSPS) is 11.5. The van der Waals surface area contributed by atoms with Gasteiger partial charge in [0.05, 0.1) is 37.9 Å². The Bertz CT molecular complexity index is 1540. The van der Waals surface area contributed by atoms with Gasteiger partial charge in [-0.15, -0.1) is 0 Å². The molecule has 0 aliphatic carbocycles. The van der Waals surface area contributed by atoms with Crippen LogP contribution in [0.5, 0.6) is 17.2 Å². The smallest absolute Gasteiger partial charge is 0.282 e. The lowest BCUT2D eigenvalue weighted by molar-refractivity contribution is 0.310. The van der Waals surface area contributed by atoms with E-state index < -0.39 is 0 Å². The molecule has 8 heteroatoms. The minimum absolute atomic E-state index is 0.214. The molecule has 7 nitrogen and oxygen atoms in total. The van der Waals surface area contributed by atoms with Gasteiger partial charge >= 0.3 is 0 Å². The topological polar surface area (TPSA) is 74.9 Å². The second-order valence-corrected chi connectivity index (χ2v) is 9.69. The van der Waals surface area contributed by atoms with Crippen molar-refractivity contribution in [2.45, 2.75) is 33.6 Å². The Labute approximate surface area is 224 Å². The molecule has 0 radical (unpaired) electrons. The minimum Gasteiger partial charge on any atom is -0.496 e. The molecule has 192 valence electrons. The molecule has 1 heterocycles. The Hall–Kier alpha value is -3.65. The maximum atomic E-state index is 13.7. The first kappa shape index (κ1) is 26.4. The highest BCUT2D eigenvalue weighted by Crippen LogP contribution is 2.35. The van der Waals surface area contributed by atoms with Crippen molar-refractivity contribution in [2.24, 2.45) is 5.10 Å². The fourth-order valence-corrected chi connectivity index (χ4v) is 4.59. The van der Waals surface area contributed by atoms with Crippen LogP contribution >= 0.6 is 15.9 Å². The highest BCUT2D eigenvalue weighted by molar-refractivity contribution is 9.10. The van der Waals surface area contributed by atoms with E-state index >= 15 is 0 Å². The predicted molar refractivity (Wildman–Crippen MR) is 152 cm³/mol. The molecule has 4 aromatic rings. The number of aromatic nitrogens is 2. The van der Waals surface area contributed by atoms with Gasteiger partial charge in [0.25, 0.3) is 5.56 Å². The second kappa shape index (κ2) is 11.2. The lowest BCUT2D eigenvalue weighted by Gasteiger charge is -2.17. The van der Waals surface area contributed by atoms with Gasteiger partial charge in [-0.2, -0.15) is 9.78 Å². The summed E-state index contributed by atoms with van der Waals surface area (Å²) in [6, 6.07) is 15.0. The standard InChI is InChI=1S/C29H30BrN3O4/c1-7-37-27-15-23(30)19(13-26(27)36-6)16-31-33-28(32-24-11-9-8-10-20(24)29(33)34)22-14-21(17(2)3)25(35-5)12-18(22)4/h8-17H,7H2,1-6H3. The molecule has 4 rings (SSSR count). The van der Waals surface area contributed by atoms with Crippen molar-refractivity contribution in [1.29, 1.82) is 0 Å². The van der Waals surface area contributed by atoms with Gasteiger partial charge in [0.15, 0.2) is 17.3 Å². The first-order chi connectivity index (χ1) is 17.8. The summed E-state index contributed by atoms with van der Waals surface area (Å²) < 4.78 is 18.9. The predicted octanol–water partition coefficient (Wildman–Crippen LogP) is 6.56. The van der Waals surface area contributed by atoms with Gasteiger partial charge in [0.1, 0.15) is 5.75 Å². The maximum absolute atomic E-state index is 13.7. The van der Waals surface area contributed by atoms with E-state index in [2.05, 4.69) is 34.9 Å². The van der Waals surface area contributed by atoms with Crippen LogP contribution in [-0.4, -0.2) is 36.7 Å². The molecule has 0 saturated carbocycles. The van der Waals surface area contributed by atoms with Crippen LogP contribution in [0.4, 0.5) is 0 Å². The number of fused-ring (bicyclic) bond motifs is 1. The Morgan fingerprint density at radius 2 is 1.78 bits per heavy atom. The number of aryl methyl sites for hydroxylation is 1. The summed E-state index contributed by atoms with van der Waals surface area (Å²) in [5.41, 5.74) is 3.84. The second-order valence-electron chi connectivity index (χ2n) is 8.84. The van der Waals surface area contributed by atoms with Crippen LogP contribution in [0.2, 0.25) is 0 Å². The molecule has 0 saturated heterocycles. The average Bonchev–Trinajstić information content (AvgIpc) is 2.88. The van der Waals surface area contributed by atoms with Crippen LogP contribution in [0.1, 0.15) is 43.4 Å². The van der Waals surface area contributed by atoms with Crippen molar-refractivity contribution in [1.82, 2.24) is 9.66 Å². The van der Waals surface area contributed by atoms with E-state index in [-0.39, 0.29) is 11.5 Å². The first-order valence-corrected chi connectivity index (χ1v) is 12.8. The van der Waals surface area contributed by atoms with Gasteiger partial charge in [0, 0.05) is 15.6 Å². The largest absolute Gasteiger partial charge is 0.496 e. The van der Waals surface area contributed by atoms with Crippen molar-refractivity contribution < 1.29 is 14.2 Å². The van der Waals surface area contributed by atoms with Crippen LogP contribution in [0, 0.1) is 6.92 Å². The summed E-state index contributed by atoms with van der Waals surface area (Å²) in [5, 5.41) is 5.12. The Morgan fingerprint density at radius 3 is 2.46 bits per heavy atom. The Balaban J connectivity index is 1.96. The number of ether oxygens (including phenoxy) is 3. The van der Waals surface area contributed by atoms with Crippen LogP contribution in [0.25, 0.3) is 22.3 Å². The number of hydrogen-bond acceptors (Lipinski definition) is 6. The van der Waals surface area contributed by atoms with Crippen LogP contribution in [-0.2, 0) is 0 Å². The molecule has 0 amide bonds. The van der Waals surface area contributed by atoms with Crippen LogP contribution < -0.4 is 19.8 Å². The summed E-state index contributed by atoms with van der Waals surface area (Å²) in [6.45, 7) is 8.61. The van der Waals surface area contributed by atoms with Crippen LogP contribution in [0.3, 0.4) is 0 Å². The van der Waals surface area contributed by atoms with E-state index in [1.165, 1.54) is 4.68 Å². The SMILES string of the molecule is CCOc1cc(Br)c(C=Nn2c(-c3cc(C(C)C)c(OC)cc3C)nc3ccccc3c2=O)cc1OC. The zero-order valence-corrected chi connectivity index (χ0v) is 23.4. The van der Waals surface area contributed by atoms with Crippen LogP contribution in [0.15, 0.2) is 62.9 Å². The Morgan fingerprint density at radius 1 is 1.05 bits per heavy atom. The number of benzene rings is 3. The molecule has 3 aromatic carbocycles. The van der Waals surface area contributed by atoms with Gasteiger partial charge in [-0.3, -0.25) is 4.79 Å². The highest BCUT2D eigenvalue weighted by atomic mass is 79.9. The van der Waals surface area contributed by atoms with Gasteiger partial charge in [-0.1, -0.05) is 26.0 Å². The number of methoxy groups -OCH3 is 2. The van der Waals surface area contributed by atoms with Crippen molar-refractivity contribution in [3.05, 3.63) is 80.0 Å². The molecule has 0 aliphatic rings. The van der Waals surface area contributed by atoms with E-state index in [0.29, 0.717) is 34.8 Å². The monoisotopic (exact) mass is 563 g/mol. The van der Waals surface area contributed by atoms with Crippen molar-refractivity contribution >= 4 is 33.0 Å². The lowest BCUT2D eigenvalue weighted by atomic mass is 9.96. The highest BCUT2D eigenvalue weighted by Gasteiger charge is 2.18. The number of rotatable bonds is 8. The van der Waals surface area contributed by atoms with Gasteiger partial charge < -0.3 is 14.2 Å². The van der Waals surface area contributed by atoms with E-state index in [9.17, 15) is 4.79 Å². The van der Waals surface area contributed by atoms with Crippen molar-refractivity contribution in [3.8, 4) is 28.6 Å². The number of halogens is 1. The molecule has 0 bridgehead atoms. The molecule has 0 N–H and O–H groups in total. The molecule has 0 aliphatic heterocycles. The van der Waals surface area contributed by atoms with E-state index in [4.69, 9.17) is 19.2 Å². The van der Waals surface area contributed by atoms with E-state index in [1.807, 2.05) is 56.3 Å². The molecule has 0 fully saturated rings. The average molecular weight is 564 g/mol. The van der Waals surface area contributed by atoms with Crippen molar-refractivity contribution in [3.63, 3.8) is 0 Å². The maximum Gasteiger partial charge on any atom is 0.282 e. The van der Waals surface area contributed by atoms with Gasteiger partial charge in [0.2, 0.25) is 0 Å². The van der Waals surface area contributed by atoms with E-state index in [1.54, 1.807) is 26.5 Å². The molecule has 0 spiro atoms. The lowest BCUT2D eigenvalue weighted by Crippen LogP contribution is -2.21. The fraction of sp³-hybridized carbons (Fsp3) is 0.276. The first-order valence-electron chi connectivity index (χ1n) is 12.0. The molecular weight excluding hydrogens is 534 g/mol. The quantitative estimate of drug-likeness (QED) is 0.227. The third kappa shape index (κ3) is 5.25. The fourth-order valence-electron chi connectivity index (χ4n) is 4.17. The molecule has 1 aromatic heterocycles. The Kier molecular flexibility index (Phi) is 7.97. The minimum atomic E-state index is -0.257. The van der Waals surface area contributed by atoms with Crippen molar-refractivity contribution in [2.75, 3.05) is 20.8 Å². The summed E-state index contributed by atoms with van der Waals surface area (Å²) in [4.78, 5) is 18.6. The summed E-state index contributed by atoms with van der Waals surface area (Å²) in [6.07, 6.45) is 1.62. The number of hydrogen-bond donors (Lipinski definition) is 0. The zero-order valence-electron chi connectivity index (χ0n) is 21.8. The molecule has 0 atom stereocenters. The number of para-hydroxylation sites is 1. The zero-order chi connectivity index (χ0) is 26.7. The summed E-state index contributed by atoms with van der Waals surface area (Å²) >= 11 is 3.59. The molecule has 37 heavy (non-hydrogen) atoms. The van der Waals surface area contributed by atoms with E-state index in [0.717, 1.165) is 32.5 Å². The summed E-state index contributed by atoms with van der Waals surface area (Å²) in [5.74, 6) is 2.67. The summed E-state index contributed by atoms with van der Waals surface area (Å²) in [7, 11) is 3.25. The number of nitrogens with zero attached hydrogens (tertiary/aromatic N) is 3. The third-order valence-electron chi connectivity index (χ3n) is 6.09. The van der Waals surface area contributed by atoms with Gasteiger partial charge in [-0.05, 0) is 83.2 Å². The molecule has 0 unspecified atom stereocenters. The third-order valence-corrected chi connectivity index (χ3v) is 6.78.